The number of urea groups is 1. The third-order valence-electron chi connectivity index (χ3n) is 6.62. The second kappa shape index (κ2) is 13.0. The van der Waals surface area contributed by atoms with Gasteiger partial charge in [-0.15, -0.1) is 16.4 Å². The van der Waals surface area contributed by atoms with Gasteiger partial charge in [-0.25, -0.2) is 14.4 Å². The number of Topliss-reactive ketones (excluding diaryl/α,β-unsaturated/α-hetero) is 1. The number of amides is 3. The van der Waals surface area contributed by atoms with Crippen molar-refractivity contribution in [1.82, 2.24) is 24.3 Å². The normalized spacial score (nSPS) is 18.4. The van der Waals surface area contributed by atoms with Gasteiger partial charge in [0.05, 0.1) is 17.5 Å². The van der Waals surface area contributed by atoms with Crippen molar-refractivity contribution in [2.45, 2.75) is 37.8 Å². The van der Waals surface area contributed by atoms with E-state index in [4.69, 9.17) is 16.3 Å². The van der Waals surface area contributed by atoms with Crippen molar-refractivity contribution in [3.63, 3.8) is 0 Å². The fourth-order valence-corrected chi connectivity index (χ4v) is 6.16. The summed E-state index contributed by atoms with van der Waals surface area (Å²) in [7, 11) is 1.71. The number of rotatable bonds is 13. The largest absolute Gasteiger partial charge is 0.478 e. The number of oxime groups is 1. The summed E-state index contributed by atoms with van der Waals surface area (Å²) in [6.45, 7) is 3.16. The Labute approximate surface area is 258 Å². The predicted octanol–water partition coefficient (Wildman–Crippen LogP) is -1.06. The molecule has 1 fully saturated rings. The van der Waals surface area contributed by atoms with Gasteiger partial charge < -0.3 is 37.2 Å². The standard InChI is InChI=1S/C24H30N10O8S2/c1-24(2,21(39)40)42-30-15(17-29-22(26)44-31-17)14(35)6-13-18(36)34-16(20(37)38)11(10-43-19(13)34)7-33-9-12(8-32(33)3)28-23(41)27-5-4-25/h8-9,13,19H,4-7,10,25H2,1-3H3,(H5-,26,27,28,29,31,37,38,39,40,41)/p+1/b30-15+/t13-,19-/m1/s1. The van der Waals surface area contributed by atoms with E-state index in [0.717, 1.165) is 16.4 Å². The Hall–Kier alpha value is -4.56. The fraction of sp³-hybridized carbons (Fsp3) is 0.458. The first-order valence-electron chi connectivity index (χ1n) is 13.1. The molecule has 0 spiro atoms. The topological polar surface area (TPSA) is 261 Å². The van der Waals surface area contributed by atoms with E-state index in [1.54, 1.807) is 28.8 Å². The number of anilines is 2. The number of carbonyl (C=O) groups is 5. The van der Waals surface area contributed by atoms with Crippen LogP contribution in [-0.2, 0) is 37.6 Å². The molecule has 4 heterocycles. The van der Waals surface area contributed by atoms with E-state index >= 15 is 0 Å². The van der Waals surface area contributed by atoms with Crippen molar-refractivity contribution in [2.24, 2.45) is 23.9 Å². The van der Waals surface area contributed by atoms with Crippen LogP contribution in [0.4, 0.5) is 15.6 Å². The molecule has 0 bridgehead atoms. The van der Waals surface area contributed by atoms with E-state index in [2.05, 4.69) is 25.1 Å². The Morgan fingerprint density at radius 2 is 2.02 bits per heavy atom. The number of hydrogen-bond donors (Lipinski definition) is 6. The van der Waals surface area contributed by atoms with E-state index < -0.39 is 52.3 Å². The van der Waals surface area contributed by atoms with Crippen LogP contribution in [0.3, 0.4) is 0 Å². The number of carboxylic acids is 2. The number of nitrogens with zero attached hydrogens (tertiary/aromatic N) is 6. The second-order valence-corrected chi connectivity index (χ2v) is 12.1. The van der Waals surface area contributed by atoms with Gasteiger partial charge in [0.1, 0.15) is 17.9 Å². The van der Waals surface area contributed by atoms with Gasteiger partial charge in [-0.2, -0.15) is 14.0 Å². The summed E-state index contributed by atoms with van der Waals surface area (Å²) in [6.07, 6.45) is 2.89. The molecule has 0 radical (unpaired) electrons. The van der Waals surface area contributed by atoms with Crippen molar-refractivity contribution in [3.05, 3.63) is 29.5 Å². The number of nitrogens with two attached hydrogens (primary N) is 2. The Morgan fingerprint density at radius 1 is 1.30 bits per heavy atom. The number of nitrogens with one attached hydrogen (secondary N) is 2. The molecular weight excluding hydrogens is 620 g/mol. The summed E-state index contributed by atoms with van der Waals surface area (Å²) in [6, 6.07) is -0.444. The maximum atomic E-state index is 13.3. The van der Waals surface area contributed by atoms with Crippen LogP contribution in [0.2, 0.25) is 0 Å². The summed E-state index contributed by atoms with van der Waals surface area (Å²) < 4.78 is 7.30. The summed E-state index contributed by atoms with van der Waals surface area (Å²) in [5.74, 6) is -4.73. The molecule has 2 atom stereocenters. The van der Waals surface area contributed by atoms with Crippen LogP contribution < -0.4 is 26.8 Å². The molecule has 8 N–H and O–H groups in total. The highest BCUT2D eigenvalue weighted by atomic mass is 32.2. The molecule has 3 amide bonds. The van der Waals surface area contributed by atoms with E-state index in [9.17, 15) is 34.2 Å². The zero-order chi connectivity index (χ0) is 32.3. The highest BCUT2D eigenvalue weighted by Crippen LogP contribution is 2.45. The van der Waals surface area contributed by atoms with Crippen LogP contribution in [0.25, 0.3) is 0 Å². The molecule has 2 aromatic heterocycles. The lowest BCUT2D eigenvalue weighted by molar-refractivity contribution is -0.752. The lowest BCUT2D eigenvalue weighted by Crippen LogP contribution is -2.62. The minimum Gasteiger partial charge on any atom is -0.478 e. The van der Waals surface area contributed by atoms with Gasteiger partial charge in [0, 0.05) is 36.8 Å². The Balaban J connectivity index is 1.51. The number of β-lactam (4-membered cyclic amide) rings is 1. The minimum absolute atomic E-state index is 0.0318. The molecule has 18 nitrogen and oxygen atoms in total. The third kappa shape index (κ3) is 6.81. The van der Waals surface area contributed by atoms with Gasteiger partial charge in [-0.05, 0) is 19.4 Å². The van der Waals surface area contributed by atoms with Gasteiger partial charge >= 0.3 is 18.0 Å². The van der Waals surface area contributed by atoms with Crippen LogP contribution in [0.5, 0.6) is 0 Å². The van der Waals surface area contributed by atoms with E-state index in [1.165, 1.54) is 25.6 Å². The first-order valence-corrected chi connectivity index (χ1v) is 14.9. The quantitative estimate of drug-likeness (QED) is 0.0654. The van der Waals surface area contributed by atoms with Crippen LogP contribution in [-0.4, -0.2) is 94.3 Å². The molecule has 2 aromatic rings. The molecule has 20 heteroatoms. The Morgan fingerprint density at radius 3 is 2.64 bits per heavy atom. The maximum Gasteiger partial charge on any atom is 0.352 e. The van der Waals surface area contributed by atoms with Gasteiger partial charge in [-0.3, -0.25) is 14.5 Å². The first kappa shape index (κ1) is 32.4. The molecule has 1 saturated heterocycles. The fourth-order valence-electron chi connectivity index (χ4n) is 4.32. The highest BCUT2D eigenvalue weighted by molar-refractivity contribution is 8.00. The monoisotopic (exact) mass is 651 g/mol. The minimum atomic E-state index is -1.78. The summed E-state index contributed by atoms with van der Waals surface area (Å²) >= 11 is 2.09. The molecule has 44 heavy (non-hydrogen) atoms. The molecule has 236 valence electrons. The van der Waals surface area contributed by atoms with E-state index in [1.807, 2.05) is 0 Å². The number of ketones is 1. The van der Waals surface area contributed by atoms with Crippen molar-refractivity contribution in [3.8, 4) is 0 Å². The van der Waals surface area contributed by atoms with Gasteiger partial charge in [0.2, 0.25) is 23.5 Å². The zero-order valence-electron chi connectivity index (χ0n) is 23.8. The van der Waals surface area contributed by atoms with Gasteiger partial charge in [0.15, 0.2) is 23.7 Å². The highest BCUT2D eigenvalue weighted by Gasteiger charge is 2.54. The number of fused-ring (bicyclic) bond motifs is 1. The lowest BCUT2D eigenvalue weighted by atomic mass is 9.89. The number of hydrogen-bond acceptors (Lipinski definition) is 13. The van der Waals surface area contributed by atoms with E-state index in [-0.39, 0.29) is 41.9 Å². The Kier molecular flexibility index (Phi) is 9.54. The maximum absolute atomic E-state index is 13.3. The summed E-state index contributed by atoms with van der Waals surface area (Å²) in [5, 5.41) is 27.8. The number of thioether (sulfide) groups is 1. The first-order chi connectivity index (χ1) is 20.7. The summed E-state index contributed by atoms with van der Waals surface area (Å²) in [4.78, 5) is 72.6. The molecule has 2 aliphatic heterocycles. The summed E-state index contributed by atoms with van der Waals surface area (Å²) in [5.41, 5.74) is 9.59. The molecular formula is C24H31N10O8S2+. The van der Waals surface area contributed by atoms with Crippen LogP contribution in [0.1, 0.15) is 26.1 Å². The van der Waals surface area contributed by atoms with Crippen molar-refractivity contribution in [2.75, 3.05) is 29.9 Å². The third-order valence-corrected chi connectivity index (χ3v) is 8.56. The molecule has 0 saturated carbocycles. The van der Waals surface area contributed by atoms with E-state index in [0.29, 0.717) is 17.8 Å². The molecule has 2 aliphatic rings. The van der Waals surface area contributed by atoms with Crippen molar-refractivity contribution >= 4 is 69.5 Å². The number of aliphatic carboxylic acids is 2. The number of carbonyl (C=O) groups excluding carboxylic acids is 3. The second-order valence-electron chi connectivity index (χ2n) is 10.3. The van der Waals surface area contributed by atoms with Crippen molar-refractivity contribution in [1.29, 1.82) is 0 Å². The van der Waals surface area contributed by atoms with Crippen LogP contribution in [0.15, 0.2) is 28.8 Å². The average molecular weight is 652 g/mol. The van der Waals surface area contributed by atoms with Gasteiger partial charge in [0.25, 0.3) is 0 Å². The van der Waals surface area contributed by atoms with Crippen LogP contribution in [0, 0.1) is 5.92 Å². The SMILES string of the molecule is C[n+]1cc(NC(=O)NCCN)cn1CC1=C(C(=O)O)N2C(=O)[C@@H](CC(=O)/C(=N\OC(C)(C)C(=O)O)c3nsc(N)n3)[C@H]2SC1. The van der Waals surface area contributed by atoms with Crippen molar-refractivity contribution < 1.29 is 43.7 Å². The smallest absolute Gasteiger partial charge is 0.352 e. The number of nitrogen functional groups attached to an aromatic ring is 1. The molecule has 4 rings (SSSR count). The zero-order valence-corrected chi connectivity index (χ0v) is 25.5. The molecule has 0 unspecified atom stereocenters. The molecule has 0 aliphatic carbocycles. The lowest BCUT2D eigenvalue weighted by Gasteiger charge is -2.49. The predicted molar refractivity (Wildman–Crippen MR) is 156 cm³/mol. The Bertz CT molecular complexity index is 1570. The average Bonchev–Trinajstić information content (AvgIpc) is 3.54. The molecule has 0 aromatic carbocycles. The van der Waals surface area contributed by atoms with Gasteiger partial charge in [-0.1, -0.05) is 5.16 Å². The number of aromatic nitrogens is 4. The van der Waals surface area contributed by atoms with Crippen LogP contribution >= 0.6 is 23.3 Å². The number of carboxylic acid groups (broad SMARTS) is 2. The number of aryl methyl sites for hydroxylation is 1.